The van der Waals surface area contributed by atoms with E-state index in [4.69, 9.17) is 10.2 Å². The van der Waals surface area contributed by atoms with E-state index in [-0.39, 0.29) is 18.1 Å². The number of benzene rings is 1. The molecule has 1 rings (SSSR count). The van der Waals surface area contributed by atoms with Gasteiger partial charge in [0.25, 0.3) is 0 Å². The number of carbonyl (C=O) groups is 1. The van der Waals surface area contributed by atoms with Crippen molar-refractivity contribution in [2.75, 3.05) is 0 Å². The van der Waals surface area contributed by atoms with Gasteiger partial charge in [-0.1, -0.05) is 18.1 Å². The maximum Gasteiger partial charge on any atom is 0.304 e. The Morgan fingerprint density at radius 3 is 2.47 bits per heavy atom. The number of phenolic OH excluding ortho intramolecular Hbond substituents is 1. The highest BCUT2D eigenvalue weighted by Gasteiger charge is 2.12. The second-order valence-electron chi connectivity index (χ2n) is 3.14. The van der Waals surface area contributed by atoms with Crippen LogP contribution in [0.15, 0.2) is 24.3 Å². The third-order valence-electron chi connectivity index (χ3n) is 1.99. The first kappa shape index (κ1) is 11.1. The van der Waals surface area contributed by atoms with E-state index >= 15 is 0 Å². The third-order valence-corrected chi connectivity index (χ3v) is 1.99. The molecule has 0 bridgehead atoms. The highest BCUT2D eigenvalue weighted by molar-refractivity contribution is 5.69. The summed E-state index contributed by atoms with van der Waals surface area (Å²) in [6.07, 6.45) is -0.0222. The van der Waals surface area contributed by atoms with Gasteiger partial charge in [0, 0.05) is 0 Å². The van der Waals surface area contributed by atoms with Crippen molar-refractivity contribution >= 4 is 5.97 Å². The summed E-state index contributed by atoms with van der Waals surface area (Å²) in [6.45, 7) is 1.68. The maximum absolute atomic E-state index is 10.6. The summed E-state index contributed by atoms with van der Waals surface area (Å²) in [4.78, 5) is 10.6. The molecular formula is C12H12O3. The standard InChI is InChI=1S/C12H12O3/c1-2-3-10(8-12(14)15)9-4-6-11(13)7-5-9/h4-7,10,13H,8H2,1H3,(H,14,15)/t10-/m0/s1. The average Bonchev–Trinajstić information content (AvgIpc) is 2.17. The van der Waals surface area contributed by atoms with Crippen LogP contribution in [0.1, 0.15) is 24.8 Å². The minimum absolute atomic E-state index is 0.0222. The predicted octanol–water partition coefficient (Wildman–Crippen LogP) is 1.97. The van der Waals surface area contributed by atoms with Crippen molar-refractivity contribution in [3.05, 3.63) is 29.8 Å². The second kappa shape index (κ2) is 5.06. The first-order valence-electron chi connectivity index (χ1n) is 4.56. The molecule has 0 fully saturated rings. The Morgan fingerprint density at radius 1 is 1.40 bits per heavy atom. The molecule has 0 amide bonds. The summed E-state index contributed by atoms with van der Waals surface area (Å²) in [5.74, 6) is 4.52. The van der Waals surface area contributed by atoms with E-state index in [9.17, 15) is 4.79 Å². The normalized spacial score (nSPS) is 11.3. The number of aliphatic carboxylic acids is 1. The van der Waals surface area contributed by atoms with E-state index in [1.54, 1.807) is 19.1 Å². The summed E-state index contributed by atoms with van der Waals surface area (Å²) in [5, 5.41) is 17.8. The zero-order valence-electron chi connectivity index (χ0n) is 8.40. The summed E-state index contributed by atoms with van der Waals surface area (Å²) in [6, 6.07) is 6.43. The van der Waals surface area contributed by atoms with Crippen LogP contribution in [-0.4, -0.2) is 16.2 Å². The van der Waals surface area contributed by atoms with Crippen LogP contribution in [0.25, 0.3) is 0 Å². The van der Waals surface area contributed by atoms with E-state index in [0.29, 0.717) is 0 Å². The smallest absolute Gasteiger partial charge is 0.304 e. The summed E-state index contributed by atoms with van der Waals surface area (Å²) in [7, 11) is 0. The highest BCUT2D eigenvalue weighted by atomic mass is 16.4. The van der Waals surface area contributed by atoms with Crippen molar-refractivity contribution in [3.8, 4) is 17.6 Å². The van der Waals surface area contributed by atoms with Gasteiger partial charge in [0.05, 0.1) is 12.3 Å². The largest absolute Gasteiger partial charge is 0.508 e. The van der Waals surface area contributed by atoms with Gasteiger partial charge in [-0.3, -0.25) is 4.79 Å². The van der Waals surface area contributed by atoms with E-state index in [0.717, 1.165) is 5.56 Å². The molecule has 0 saturated heterocycles. The van der Waals surface area contributed by atoms with Gasteiger partial charge in [-0.25, -0.2) is 0 Å². The Labute approximate surface area is 88.4 Å². The maximum atomic E-state index is 10.6. The number of carboxylic acids is 1. The molecule has 0 unspecified atom stereocenters. The van der Waals surface area contributed by atoms with Gasteiger partial charge in [-0.05, 0) is 24.6 Å². The van der Waals surface area contributed by atoms with Crippen molar-refractivity contribution in [2.45, 2.75) is 19.3 Å². The quantitative estimate of drug-likeness (QED) is 0.740. The molecule has 3 heteroatoms. The lowest BCUT2D eigenvalue weighted by Gasteiger charge is -2.08. The Bertz CT molecular complexity index is 395. The predicted molar refractivity (Wildman–Crippen MR) is 56.6 cm³/mol. The number of carboxylic acid groups (broad SMARTS) is 1. The average molecular weight is 204 g/mol. The van der Waals surface area contributed by atoms with Crippen LogP contribution in [0, 0.1) is 11.8 Å². The van der Waals surface area contributed by atoms with E-state index in [1.165, 1.54) is 12.1 Å². The SMILES string of the molecule is CC#C[C@@H](CC(=O)O)c1ccc(O)cc1. The van der Waals surface area contributed by atoms with Crippen LogP contribution in [-0.2, 0) is 4.79 Å². The van der Waals surface area contributed by atoms with Crippen molar-refractivity contribution in [1.29, 1.82) is 0 Å². The zero-order chi connectivity index (χ0) is 11.3. The Morgan fingerprint density at radius 2 is 2.00 bits per heavy atom. The molecule has 15 heavy (non-hydrogen) atoms. The molecule has 0 aliphatic rings. The topological polar surface area (TPSA) is 57.5 Å². The molecule has 78 valence electrons. The van der Waals surface area contributed by atoms with Crippen molar-refractivity contribution < 1.29 is 15.0 Å². The zero-order valence-corrected chi connectivity index (χ0v) is 8.40. The van der Waals surface area contributed by atoms with Crippen LogP contribution in [0.4, 0.5) is 0 Å². The lowest BCUT2D eigenvalue weighted by Crippen LogP contribution is -2.04. The van der Waals surface area contributed by atoms with Crippen molar-refractivity contribution in [1.82, 2.24) is 0 Å². The first-order valence-corrected chi connectivity index (χ1v) is 4.56. The fourth-order valence-corrected chi connectivity index (χ4v) is 1.31. The molecule has 3 nitrogen and oxygen atoms in total. The van der Waals surface area contributed by atoms with E-state index in [2.05, 4.69) is 11.8 Å². The van der Waals surface area contributed by atoms with Crippen LogP contribution in [0.2, 0.25) is 0 Å². The highest BCUT2D eigenvalue weighted by Crippen LogP contribution is 2.21. The van der Waals surface area contributed by atoms with Crippen LogP contribution in [0.3, 0.4) is 0 Å². The number of hydrogen-bond acceptors (Lipinski definition) is 2. The van der Waals surface area contributed by atoms with Crippen LogP contribution < -0.4 is 0 Å². The third kappa shape index (κ3) is 3.35. The summed E-state index contributed by atoms with van der Waals surface area (Å²) in [5.41, 5.74) is 0.810. The molecule has 0 aliphatic heterocycles. The molecule has 0 spiro atoms. The lowest BCUT2D eigenvalue weighted by molar-refractivity contribution is -0.137. The Hall–Kier alpha value is -1.95. The van der Waals surface area contributed by atoms with E-state index < -0.39 is 5.97 Å². The molecule has 0 saturated carbocycles. The van der Waals surface area contributed by atoms with Gasteiger partial charge in [0.15, 0.2) is 0 Å². The fraction of sp³-hybridized carbons (Fsp3) is 0.250. The van der Waals surface area contributed by atoms with Gasteiger partial charge in [-0.15, -0.1) is 5.92 Å². The van der Waals surface area contributed by atoms with E-state index in [1.807, 2.05) is 0 Å². The number of rotatable bonds is 3. The van der Waals surface area contributed by atoms with Crippen molar-refractivity contribution in [3.63, 3.8) is 0 Å². The molecule has 1 atom stereocenters. The fourth-order valence-electron chi connectivity index (χ4n) is 1.31. The molecule has 2 N–H and O–H groups in total. The Kier molecular flexibility index (Phi) is 3.75. The van der Waals surface area contributed by atoms with Crippen LogP contribution >= 0.6 is 0 Å². The van der Waals surface area contributed by atoms with Gasteiger partial charge < -0.3 is 10.2 Å². The number of aromatic hydroxyl groups is 1. The van der Waals surface area contributed by atoms with Gasteiger partial charge in [-0.2, -0.15) is 0 Å². The molecule has 1 aromatic rings. The second-order valence-corrected chi connectivity index (χ2v) is 3.14. The first-order chi connectivity index (χ1) is 7.13. The minimum atomic E-state index is -0.879. The number of hydrogen-bond donors (Lipinski definition) is 2. The monoisotopic (exact) mass is 204 g/mol. The number of phenols is 1. The molecule has 0 aromatic heterocycles. The van der Waals surface area contributed by atoms with Gasteiger partial charge >= 0.3 is 5.97 Å². The summed E-state index contributed by atoms with van der Waals surface area (Å²) < 4.78 is 0. The molecule has 0 aliphatic carbocycles. The molecule has 0 heterocycles. The minimum Gasteiger partial charge on any atom is -0.508 e. The lowest BCUT2D eigenvalue weighted by atomic mass is 9.96. The van der Waals surface area contributed by atoms with Crippen LogP contribution in [0.5, 0.6) is 5.75 Å². The van der Waals surface area contributed by atoms with Gasteiger partial charge in [0.2, 0.25) is 0 Å². The molecule has 0 radical (unpaired) electrons. The van der Waals surface area contributed by atoms with Gasteiger partial charge in [0.1, 0.15) is 5.75 Å². The summed E-state index contributed by atoms with van der Waals surface area (Å²) >= 11 is 0. The molecular weight excluding hydrogens is 192 g/mol. The van der Waals surface area contributed by atoms with Crippen molar-refractivity contribution in [2.24, 2.45) is 0 Å². The Balaban J connectivity index is 2.92. The molecule has 1 aromatic carbocycles.